The van der Waals surface area contributed by atoms with Gasteiger partial charge in [0.1, 0.15) is 11.6 Å². The van der Waals surface area contributed by atoms with E-state index in [1.807, 2.05) is 36.7 Å². The van der Waals surface area contributed by atoms with E-state index in [4.69, 9.17) is 5.90 Å². The lowest BCUT2D eigenvalue weighted by Crippen LogP contribution is -2.01. The lowest BCUT2D eigenvalue weighted by Gasteiger charge is -1.98. The zero-order chi connectivity index (χ0) is 9.42. The van der Waals surface area contributed by atoms with Crippen molar-refractivity contribution in [1.82, 2.24) is 9.55 Å². The lowest BCUT2D eigenvalue weighted by atomic mass is 10.3. The van der Waals surface area contributed by atoms with Crippen LogP contribution in [0, 0.1) is 6.92 Å². The predicted octanol–water partition coefficient (Wildman–Crippen LogP) is 1.13. The third-order valence-electron chi connectivity index (χ3n) is 2.21. The van der Waals surface area contributed by atoms with Gasteiger partial charge in [0.25, 0.3) is 0 Å². The SMILES string of the molecule is Cc1nc2cc(ON)ccc2n1C. The van der Waals surface area contributed by atoms with E-state index in [1.165, 1.54) is 0 Å². The minimum absolute atomic E-state index is 0.630. The fraction of sp³-hybridized carbons (Fsp3) is 0.222. The van der Waals surface area contributed by atoms with Gasteiger partial charge in [-0.3, -0.25) is 0 Å². The second kappa shape index (κ2) is 2.74. The molecule has 0 bridgehead atoms. The van der Waals surface area contributed by atoms with Crippen molar-refractivity contribution in [2.24, 2.45) is 12.9 Å². The molecular formula is C9H11N3O. The summed E-state index contributed by atoms with van der Waals surface area (Å²) in [7, 11) is 1.98. The van der Waals surface area contributed by atoms with Crippen molar-refractivity contribution in [2.75, 3.05) is 0 Å². The van der Waals surface area contributed by atoms with Crippen LogP contribution in [0.1, 0.15) is 5.82 Å². The summed E-state index contributed by atoms with van der Waals surface area (Å²) in [5.74, 6) is 6.66. The number of nitrogens with two attached hydrogens (primary N) is 1. The molecule has 4 nitrogen and oxygen atoms in total. The average Bonchev–Trinajstić information content (AvgIpc) is 2.42. The summed E-state index contributed by atoms with van der Waals surface area (Å²) < 4.78 is 2.02. The maximum Gasteiger partial charge on any atom is 0.149 e. The summed E-state index contributed by atoms with van der Waals surface area (Å²) in [5.41, 5.74) is 1.99. The highest BCUT2D eigenvalue weighted by Crippen LogP contribution is 2.19. The number of benzene rings is 1. The van der Waals surface area contributed by atoms with E-state index in [2.05, 4.69) is 9.82 Å². The summed E-state index contributed by atoms with van der Waals surface area (Å²) in [6, 6.07) is 5.59. The number of nitrogens with zero attached hydrogens (tertiary/aromatic N) is 2. The highest BCUT2D eigenvalue weighted by molar-refractivity contribution is 5.77. The third kappa shape index (κ3) is 1.15. The van der Waals surface area contributed by atoms with Crippen LogP contribution < -0.4 is 10.7 Å². The van der Waals surface area contributed by atoms with Gasteiger partial charge in [-0.15, -0.1) is 0 Å². The van der Waals surface area contributed by atoms with Gasteiger partial charge in [-0.05, 0) is 19.1 Å². The minimum Gasteiger partial charge on any atom is -0.411 e. The molecule has 1 heterocycles. The second-order valence-corrected chi connectivity index (χ2v) is 2.99. The lowest BCUT2D eigenvalue weighted by molar-refractivity contribution is 0.335. The van der Waals surface area contributed by atoms with Gasteiger partial charge in [0.2, 0.25) is 0 Å². The number of fused-ring (bicyclic) bond motifs is 1. The Hall–Kier alpha value is -1.55. The van der Waals surface area contributed by atoms with Gasteiger partial charge in [0, 0.05) is 13.1 Å². The Kier molecular flexibility index (Phi) is 1.70. The van der Waals surface area contributed by atoms with Crippen LogP contribution in [0.15, 0.2) is 18.2 Å². The van der Waals surface area contributed by atoms with E-state index in [0.29, 0.717) is 5.75 Å². The third-order valence-corrected chi connectivity index (χ3v) is 2.21. The number of rotatable bonds is 1. The van der Waals surface area contributed by atoms with E-state index in [9.17, 15) is 0 Å². The van der Waals surface area contributed by atoms with Gasteiger partial charge < -0.3 is 9.40 Å². The highest BCUT2D eigenvalue weighted by Gasteiger charge is 2.04. The molecule has 0 aliphatic carbocycles. The van der Waals surface area contributed by atoms with Crippen molar-refractivity contribution in [3.05, 3.63) is 24.0 Å². The molecule has 2 aromatic rings. The normalized spacial score (nSPS) is 10.7. The molecule has 13 heavy (non-hydrogen) atoms. The Bertz CT molecular complexity index is 447. The summed E-state index contributed by atoms with van der Waals surface area (Å²) in [4.78, 5) is 8.97. The molecule has 0 amide bonds. The number of aryl methyl sites for hydroxylation is 2. The molecule has 0 saturated heterocycles. The molecule has 2 rings (SSSR count). The van der Waals surface area contributed by atoms with Gasteiger partial charge in [0.05, 0.1) is 11.0 Å². The van der Waals surface area contributed by atoms with Crippen LogP contribution >= 0.6 is 0 Å². The number of hydrogen-bond acceptors (Lipinski definition) is 3. The maximum atomic E-state index is 5.05. The van der Waals surface area contributed by atoms with E-state index in [1.54, 1.807) is 0 Å². The Morgan fingerprint density at radius 1 is 1.46 bits per heavy atom. The molecular weight excluding hydrogens is 166 g/mol. The highest BCUT2D eigenvalue weighted by atomic mass is 16.6. The molecule has 0 fully saturated rings. The van der Waals surface area contributed by atoms with E-state index in [0.717, 1.165) is 16.9 Å². The largest absolute Gasteiger partial charge is 0.411 e. The van der Waals surface area contributed by atoms with Crippen LogP contribution in [0.25, 0.3) is 11.0 Å². The zero-order valence-corrected chi connectivity index (χ0v) is 7.61. The van der Waals surface area contributed by atoms with Crippen LogP contribution in [0.2, 0.25) is 0 Å². The van der Waals surface area contributed by atoms with Crippen molar-refractivity contribution in [1.29, 1.82) is 0 Å². The quantitative estimate of drug-likeness (QED) is 0.664. The summed E-state index contributed by atoms with van der Waals surface area (Å²) in [6.45, 7) is 1.96. The topological polar surface area (TPSA) is 53.1 Å². The molecule has 0 aliphatic heterocycles. The molecule has 0 radical (unpaired) electrons. The van der Waals surface area contributed by atoms with E-state index in [-0.39, 0.29) is 0 Å². The molecule has 68 valence electrons. The first kappa shape index (κ1) is 8.07. The Morgan fingerprint density at radius 2 is 2.23 bits per heavy atom. The van der Waals surface area contributed by atoms with Gasteiger partial charge in [-0.2, -0.15) is 5.90 Å². The first-order chi connectivity index (χ1) is 6.22. The summed E-state index contributed by atoms with van der Waals surface area (Å²) >= 11 is 0. The van der Waals surface area contributed by atoms with Crippen molar-refractivity contribution in [3.8, 4) is 5.75 Å². The van der Waals surface area contributed by atoms with Crippen LogP contribution in [0.4, 0.5) is 0 Å². The fourth-order valence-electron chi connectivity index (χ4n) is 1.37. The maximum absolute atomic E-state index is 5.05. The number of aromatic nitrogens is 2. The molecule has 1 aromatic heterocycles. The first-order valence-corrected chi connectivity index (χ1v) is 4.02. The Labute approximate surface area is 75.9 Å². The van der Waals surface area contributed by atoms with Gasteiger partial charge in [-0.1, -0.05) is 0 Å². The molecule has 0 atom stereocenters. The smallest absolute Gasteiger partial charge is 0.149 e. The molecule has 0 aliphatic rings. The van der Waals surface area contributed by atoms with Crippen molar-refractivity contribution >= 4 is 11.0 Å². The summed E-state index contributed by atoms with van der Waals surface area (Å²) in [5, 5.41) is 0. The van der Waals surface area contributed by atoms with Crippen LogP contribution in [0.5, 0.6) is 5.75 Å². The Morgan fingerprint density at radius 3 is 2.92 bits per heavy atom. The molecule has 4 heteroatoms. The van der Waals surface area contributed by atoms with E-state index < -0.39 is 0 Å². The summed E-state index contributed by atoms with van der Waals surface area (Å²) in [6.07, 6.45) is 0. The second-order valence-electron chi connectivity index (χ2n) is 2.99. The molecule has 0 unspecified atom stereocenters. The van der Waals surface area contributed by atoms with Crippen molar-refractivity contribution < 1.29 is 4.84 Å². The Balaban J connectivity index is 2.73. The number of imidazole rings is 1. The van der Waals surface area contributed by atoms with E-state index >= 15 is 0 Å². The van der Waals surface area contributed by atoms with Crippen molar-refractivity contribution in [3.63, 3.8) is 0 Å². The monoisotopic (exact) mass is 177 g/mol. The first-order valence-electron chi connectivity index (χ1n) is 4.02. The van der Waals surface area contributed by atoms with Crippen LogP contribution in [0.3, 0.4) is 0 Å². The minimum atomic E-state index is 0.630. The van der Waals surface area contributed by atoms with Crippen LogP contribution in [-0.2, 0) is 7.05 Å². The molecule has 2 N–H and O–H groups in total. The average molecular weight is 177 g/mol. The molecule has 0 spiro atoms. The van der Waals surface area contributed by atoms with Gasteiger partial charge in [-0.25, -0.2) is 4.98 Å². The predicted molar refractivity (Wildman–Crippen MR) is 50.3 cm³/mol. The fourth-order valence-corrected chi connectivity index (χ4v) is 1.37. The molecule has 0 saturated carbocycles. The van der Waals surface area contributed by atoms with Crippen molar-refractivity contribution in [2.45, 2.75) is 6.92 Å². The van der Waals surface area contributed by atoms with Crippen LogP contribution in [-0.4, -0.2) is 9.55 Å². The molecule has 1 aromatic carbocycles. The van der Waals surface area contributed by atoms with Gasteiger partial charge in [0.15, 0.2) is 0 Å². The number of hydrogen-bond donors (Lipinski definition) is 1. The standard InChI is InChI=1S/C9H11N3O/c1-6-11-8-5-7(13-10)3-4-9(8)12(6)2/h3-5H,10H2,1-2H3. The zero-order valence-electron chi connectivity index (χ0n) is 7.61. The van der Waals surface area contributed by atoms with Gasteiger partial charge >= 0.3 is 0 Å².